The Morgan fingerprint density at radius 1 is 1.67 bits per heavy atom. The zero-order valence-corrected chi connectivity index (χ0v) is 7.29. The summed E-state index contributed by atoms with van der Waals surface area (Å²) in [5, 5.41) is 0. The van der Waals surface area contributed by atoms with Crippen molar-refractivity contribution in [2.75, 3.05) is 0 Å². The molecular weight excluding hydrogens is 152 g/mol. The van der Waals surface area contributed by atoms with E-state index in [2.05, 4.69) is 4.98 Å². The Kier molecular flexibility index (Phi) is 2.55. The van der Waals surface area contributed by atoms with Crippen LogP contribution in [0.3, 0.4) is 0 Å². The maximum absolute atomic E-state index is 10.9. The first-order valence-electron chi connectivity index (χ1n) is 3.81. The van der Waals surface area contributed by atoms with Gasteiger partial charge in [-0.2, -0.15) is 0 Å². The molecule has 64 valence electrons. The van der Waals surface area contributed by atoms with Crippen LogP contribution in [0.25, 0.3) is 0 Å². The molecule has 0 aliphatic carbocycles. The third-order valence-electron chi connectivity index (χ3n) is 1.79. The van der Waals surface area contributed by atoms with Crippen LogP contribution in [0, 0.1) is 6.92 Å². The molecule has 3 heteroatoms. The zero-order valence-electron chi connectivity index (χ0n) is 7.29. The summed E-state index contributed by atoms with van der Waals surface area (Å²) in [6, 6.07) is 1.82. The number of nitrogens with two attached hydrogens (primary N) is 1. The lowest BCUT2D eigenvalue weighted by atomic mass is 10.1. The molecule has 1 aromatic rings. The number of carbonyl (C=O) groups excluding carboxylic acids is 1. The third-order valence-corrected chi connectivity index (χ3v) is 1.79. The zero-order chi connectivity index (χ0) is 9.14. The minimum atomic E-state index is 0.0363. The maximum atomic E-state index is 10.9. The predicted molar refractivity (Wildman–Crippen MR) is 46.9 cm³/mol. The Morgan fingerprint density at radius 2 is 2.33 bits per heavy atom. The molecule has 1 rings (SSSR count). The molecule has 0 spiro atoms. The lowest BCUT2D eigenvalue weighted by molar-refractivity contribution is 0.101. The van der Waals surface area contributed by atoms with Crippen LogP contribution in [0.15, 0.2) is 12.3 Å². The van der Waals surface area contributed by atoms with Gasteiger partial charge in [-0.3, -0.25) is 9.78 Å². The summed E-state index contributed by atoms with van der Waals surface area (Å²) in [5.41, 5.74) is 7.90. The van der Waals surface area contributed by atoms with Crippen LogP contribution in [-0.2, 0) is 6.54 Å². The number of nitrogens with zero attached hydrogens (tertiary/aromatic N) is 1. The lowest BCUT2D eigenvalue weighted by Gasteiger charge is -2.02. The van der Waals surface area contributed by atoms with Crippen molar-refractivity contribution in [1.82, 2.24) is 4.98 Å². The van der Waals surface area contributed by atoms with E-state index in [4.69, 9.17) is 5.73 Å². The van der Waals surface area contributed by atoms with Gasteiger partial charge < -0.3 is 5.73 Å². The van der Waals surface area contributed by atoms with Gasteiger partial charge in [-0.25, -0.2) is 0 Å². The topological polar surface area (TPSA) is 56.0 Å². The number of hydrogen-bond donors (Lipinski definition) is 1. The maximum Gasteiger partial charge on any atom is 0.161 e. The molecule has 0 saturated carbocycles. The summed E-state index contributed by atoms with van der Waals surface area (Å²) in [5.74, 6) is 0.0363. The highest BCUT2D eigenvalue weighted by Gasteiger charge is 2.02. The molecule has 0 fully saturated rings. The highest BCUT2D eigenvalue weighted by atomic mass is 16.1. The molecule has 0 aliphatic rings. The first-order chi connectivity index (χ1) is 5.65. The first-order valence-corrected chi connectivity index (χ1v) is 3.81. The summed E-state index contributed by atoms with van der Waals surface area (Å²) in [4.78, 5) is 15.0. The van der Waals surface area contributed by atoms with Crippen LogP contribution in [-0.4, -0.2) is 10.8 Å². The fraction of sp³-hybridized carbons (Fsp3) is 0.333. The minimum absolute atomic E-state index is 0.0363. The van der Waals surface area contributed by atoms with Crippen molar-refractivity contribution in [2.45, 2.75) is 20.4 Å². The van der Waals surface area contributed by atoms with E-state index in [-0.39, 0.29) is 5.78 Å². The highest BCUT2D eigenvalue weighted by molar-refractivity contribution is 5.93. The molecule has 0 unspecified atom stereocenters. The van der Waals surface area contributed by atoms with E-state index < -0.39 is 0 Å². The fourth-order valence-corrected chi connectivity index (χ4v) is 1.01. The molecule has 0 aromatic carbocycles. The van der Waals surface area contributed by atoms with Gasteiger partial charge in [0.1, 0.15) is 0 Å². The van der Waals surface area contributed by atoms with Gasteiger partial charge in [-0.15, -0.1) is 0 Å². The van der Waals surface area contributed by atoms with E-state index in [0.29, 0.717) is 12.1 Å². The van der Waals surface area contributed by atoms with Crippen LogP contribution in [0.2, 0.25) is 0 Å². The van der Waals surface area contributed by atoms with Crippen molar-refractivity contribution in [3.05, 3.63) is 29.1 Å². The Balaban J connectivity index is 3.10. The van der Waals surface area contributed by atoms with Crippen molar-refractivity contribution < 1.29 is 4.79 Å². The van der Waals surface area contributed by atoms with Crippen molar-refractivity contribution in [3.8, 4) is 0 Å². The molecule has 0 aliphatic heterocycles. The number of aryl methyl sites for hydroxylation is 1. The Labute approximate surface area is 71.6 Å². The smallest absolute Gasteiger partial charge is 0.161 e. The first kappa shape index (κ1) is 8.87. The normalized spacial score (nSPS) is 9.92. The van der Waals surface area contributed by atoms with E-state index >= 15 is 0 Å². The average Bonchev–Trinajstić information content (AvgIpc) is 2.04. The molecule has 0 atom stereocenters. The van der Waals surface area contributed by atoms with Gasteiger partial charge in [-0.05, 0) is 25.5 Å². The van der Waals surface area contributed by atoms with Crippen LogP contribution >= 0.6 is 0 Å². The van der Waals surface area contributed by atoms with Crippen LogP contribution in [0.4, 0.5) is 0 Å². The van der Waals surface area contributed by atoms with E-state index in [1.54, 1.807) is 6.20 Å². The fourth-order valence-electron chi connectivity index (χ4n) is 1.01. The Morgan fingerprint density at radius 3 is 2.75 bits per heavy atom. The summed E-state index contributed by atoms with van der Waals surface area (Å²) >= 11 is 0. The summed E-state index contributed by atoms with van der Waals surface area (Å²) < 4.78 is 0. The molecule has 0 bridgehead atoms. The van der Waals surface area contributed by atoms with Gasteiger partial charge in [0.2, 0.25) is 0 Å². The number of pyridine rings is 1. The molecule has 1 heterocycles. The lowest BCUT2D eigenvalue weighted by Crippen LogP contribution is -2.04. The Bertz CT molecular complexity index is 307. The largest absolute Gasteiger partial charge is 0.325 e. The monoisotopic (exact) mass is 164 g/mol. The molecule has 1 aromatic heterocycles. The quantitative estimate of drug-likeness (QED) is 0.665. The van der Waals surface area contributed by atoms with Crippen molar-refractivity contribution in [1.29, 1.82) is 0 Å². The molecule has 0 saturated heterocycles. The van der Waals surface area contributed by atoms with Crippen LogP contribution < -0.4 is 5.73 Å². The van der Waals surface area contributed by atoms with Gasteiger partial charge in [0.25, 0.3) is 0 Å². The predicted octanol–water partition coefficient (Wildman–Crippen LogP) is 1.05. The van der Waals surface area contributed by atoms with Gasteiger partial charge in [0, 0.05) is 18.3 Å². The number of Topliss-reactive ketones (excluding diaryl/α,β-unsaturated/α-hetero) is 1. The van der Waals surface area contributed by atoms with E-state index in [1.165, 1.54) is 6.92 Å². The second-order valence-electron chi connectivity index (χ2n) is 2.75. The SMILES string of the molecule is CC(=O)c1cnc(CN)c(C)c1. The number of carbonyl (C=O) groups is 1. The molecular formula is C9H12N2O. The minimum Gasteiger partial charge on any atom is -0.325 e. The molecule has 3 nitrogen and oxygen atoms in total. The number of ketones is 1. The van der Waals surface area contributed by atoms with Crippen molar-refractivity contribution in [3.63, 3.8) is 0 Å². The molecule has 0 radical (unpaired) electrons. The third kappa shape index (κ3) is 1.68. The molecule has 12 heavy (non-hydrogen) atoms. The number of rotatable bonds is 2. The van der Waals surface area contributed by atoms with E-state index in [9.17, 15) is 4.79 Å². The second kappa shape index (κ2) is 3.45. The van der Waals surface area contributed by atoms with Gasteiger partial charge in [0.15, 0.2) is 5.78 Å². The van der Waals surface area contributed by atoms with E-state index in [1.807, 2.05) is 13.0 Å². The summed E-state index contributed by atoms with van der Waals surface area (Å²) in [7, 11) is 0. The van der Waals surface area contributed by atoms with Crippen molar-refractivity contribution >= 4 is 5.78 Å². The Hall–Kier alpha value is -1.22. The van der Waals surface area contributed by atoms with Crippen molar-refractivity contribution in [2.24, 2.45) is 5.73 Å². The number of aromatic nitrogens is 1. The summed E-state index contributed by atoms with van der Waals surface area (Å²) in [6.07, 6.45) is 1.57. The molecule has 0 amide bonds. The van der Waals surface area contributed by atoms with Crippen LogP contribution in [0.5, 0.6) is 0 Å². The second-order valence-corrected chi connectivity index (χ2v) is 2.75. The average molecular weight is 164 g/mol. The van der Waals surface area contributed by atoms with Gasteiger partial charge in [-0.1, -0.05) is 0 Å². The highest BCUT2D eigenvalue weighted by Crippen LogP contribution is 2.07. The van der Waals surface area contributed by atoms with E-state index in [0.717, 1.165) is 11.3 Å². The van der Waals surface area contributed by atoms with Gasteiger partial charge in [0.05, 0.1) is 5.69 Å². The summed E-state index contributed by atoms with van der Waals surface area (Å²) in [6.45, 7) is 3.85. The number of hydrogen-bond acceptors (Lipinski definition) is 3. The van der Waals surface area contributed by atoms with Crippen LogP contribution in [0.1, 0.15) is 28.5 Å². The standard InChI is InChI=1S/C9H12N2O/c1-6-3-8(7(2)12)5-11-9(6)4-10/h3,5H,4,10H2,1-2H3. The van der Waals surface area contributed by atoms with Gasteiger partial charge >= 0.3 is 0 Å². The molecule has 2 N–H and O–H groups in total.